The molecule has 0 amide bonds. The number of nitrogens with zero attached hydrogens (tertiary/aromatic N) is 1. The van der Waals surface area contributed by atoms with Crippen molar-refractivity contribution in [2.75, 3.05) is 5.32 Å². The summed E-state index contributed by atoms with van der Waals surface area (Å²) in [6.07, 6.45) is -3.47. The second-order valence-electron chi connectivity index (χ2n) is 5.48. The van der Waals surface area contributed by atoms with Gasteiger partial charge in [-0.3, -0.25) is 0 Å². The molecule has 23 heavy (non-hydrogen) atoms. The number of halogens is 3. The van der Waals surface area contributed by atoms with Crippen LogP contribution in [0.5, 0.6) is 0 Å². The largest absolute Gasteiger partial charge is 0.416 e. The van der Waals surface area contributed by atoms with Crippen LogP contribution in [0.1, 0.15) is 23.6 Å². The fourth-order valence-corrected chi connectivity index (χ4v) is 2.37. The lowest BCUT2D eigenvalue weighted by Gasteiger charge is -2.16. The zero-order chi connectivity index (χ0) is 16.9. The molecule has 0 fully saturated rings. The summed E-state index contributed by atoms with van der Waals surface area (Å²) in [7, 11) is 0. The Bertz CT molecular complexity index is 685. The molecule has 0 bridgehead atoms. The molecular formula is C18H17F3N2. The van der Waals surface area contributed by atoms with Gasteiger partial charge in [0.15, 0.2) is 0 Å². The average Bonchev–Trinajstić information content (AvgIpc) is 2.49. The van der Waals surface area contributed by atoms with Crippen molar-refractivity contribution in [3.05, 3.63) is 65.2 Å². The van der Waals surface area contributed by atoms with E-state index in [1.54, 1.807) is 6.07 Å². The first kappa shape index (κ1) is 16.9. The molecule has 5 heteroatoms. The van der Waals surface area contributed by atoms with Crippen LogP contribution < -0.4 is 5.32 Å². The lowest BCUT2D eigenvalue weighted by atomic mass is 10.0. The second kappa shape index (κ2) is 7.19. The molecule has 0 saturated carbocycles. The van der Waals surface area contributed by atoms with E-state index in [0.29, 0.717) is 18.4 Å². The Kier molecular flexibility index (Phi) is 5.28. The van der Waals surface area contributed by atoms with Gasteiger partial charge in [0.2, 0.25) is 0 Å². The molecule has 1 atom stereocenters. The highest BCUT2D eigenvalue weighted by Crippen LogP contribution is 2.29. The molecule has 0 spiro atoms. The molecule has 0 aliphatic carbocycles. The number of hydrogen-bond donors (Lipinski definition) is 1. The molecule has 0 radical (unpaired) electrons. The normalized spacial score (nSPS) is 12.5. The third kappa shape index (κ3) is 5.03. The zero-order valence-electron chi connectivity index (χ0n) is 12.7. The van der Waals surface area contributed by atoms with E-state index >= 15 is 0 Å². The van der Waals surface area contributed by atoms with Crippen molar-refractivity contribution in [1.29, 1.82) is 5.26 Å². The van der Waals surface area contributed by atoms with E-state index in [0.717, 1.165) is 17.3 Å². The van der Waals surface area contributed by atoms with Gasteiger partial charge in [0.1, 0.15) is 0 Å². The highest BCUT2D eigenvalue weighted by molar-refractivity contribution is 5.46. The molecule has 1 N–H and O–H groups in total. The number of anilines is 1. The van der Waals surface area contributed by atoms with Gasteiger partial charge in [0, 0.05) is 11.7 Å². The number of hydrogen-bond acceptors (Lipinski definition) is 2. The Morgan fingerprint density at radius 3 is 2.39 bits per heavy atom. The summed E-state index contributed by atoms with van der Waals surface area (Å²) < 4.78 is 38.1. The van der Waals surface area contributed by atoms with Gasteiger partial charge >= 0.3 is 6.18 Å². The van der Waals surface area contributed by atoms with Crippen molar-refractivity contribution in [2.24, 2.45) is 0 Å². The van der Waals surface area contributed by atoms with E-state index < -0.39 is 11.7 Å². The van der Waals surface area contributed by atoms with E-state index in [-0.39, 0.29) is 6.04 Å². The standard InChI is InChI=1S/C18H17F3N2/c1-13(23-17-7-5-14(6-8-17)9-10-22)11-15-3-2-4-16(12-15)18(19,20)21/h2-8,12-13,23H,9,11H2,1H3/t13-/m1/s1. The van der Waals surface area contributed by atoms with E-state index in [1.807, 2.05) is 31.2 Å². The zero-order valence-corrected chi connectivity index (χ0v) is 12.7. The van der Waals surface area contributed by atoms with Crippen LogP contribution in [-0.4, -0.2) is 6.04 Å². The predicted molar refractivity (Wildman–Crippen MR) is 84.0 cm³/mol. The fraction of sp³-hybridized carbons (Fsp3) is 0.278. The molecule has 0 aliphatic heterocycles. The summed E-state index contributed by atoms with van der Waals surface area (Å²) in [6, 6.07) is 14.9. The van der Waals surface area contributed by atoms with Gasteiger partial charge in [0.05, 0.1) is 18.1 Å². The van der Waals surface area contributed by atoms with E-state index in [2.05, 4.69) is 11.4 Å². The van der Waals surface area contributed by atoms with Crippen LogP contribution in [0.3, 0.4) is 0 Å². The SMILES string of the molecule is C[C@H](Cc1cccc(C(F)(F)F)c1)Nc1ccc(CC#N)cc1. The monoisotopic (exact) mass is 318 g/mol. The quantitative estimate of drug-likeness (QED) is 0.858. The molecule has 2 aromatic rings. The summed E-state index contributed by atoms with van der Waals surface area (Å²) in [5.74, 6) is 0. The van der Waals surface area contributed by atoms with Crippen LogP contribution in [0.4, 0.5) is 18.9 Å². The molecule has 0 heterocycles. The Morgan fingerprint density at radius 2 is 1.78 bits per heavy atom. The van der Waals surface area contributed by atoms with Crippen molar-refractivity contribution < 1.29 is 13.2 Å². The first-order valence-corrected chi connectivity index (χ1v) is 7.27. The van der Waals surface area contributed by atoms with Crippen LogP contribution in [0, 0.1) is 11.3 Å². The molecule has 0 unspecified atom stereocenters. The van der Waals surface area contributed by atoms with Gasteiger partial charge in [-0.05, 0) is 42.7 Å². The summed E-state index contributed by atoms with van der Waals surface area (Å²) >= 11 is 0. The third-order valence-electron chi connectivity index (χ3n) is 3.45. The maximum atomic E-state index is 12.7. The summed E-state index contributed by atoms with van der Waals surface area (Å²) in [5.41, 5.74) is 1.83. The van der Waals surface area contributed by atoms with E-state index in [4.69, 9.17) is 5.26 Å². The maximum absolute atomic E-state index is 12.7. The van der Waals surface area contributed by atoms with Gasteiger partial charge in [0.25, 0.3) is 0 Å². The summed E-state index contributed by atoms with van der Waals surface area (Å²) in [5, 5.41) is 11.9. The smallest absolute Gasteiger partial charge is 0.382 e. The first-order valence-electron chi connectivity index (χ1n) is 7.27. The molecule has 0 aliphatic rings. The van der Waals surface area contributed by atoms with Gasteiger partial charge in [-0.1, -0.05) is 30.3 Å². The van der Waals surface area contributed by atoms with Crippen LogP contribution >= 0.6 is 0 Å². The predicted octanol–water partition coefficient (Wildman–Crippen LogP) is 4.81. The van der Waals surface area contributed by atoms with Crippen LogP contribution in [0.2, 0.25) is 0 Å². The lowest BCUT2D eigenvalue weighted by Crippen LogP contribution is -2.18. The molecule has 2 nitrogen and oxygen atoms in total. The van der Waals surface area contributed by atoms with Crippen molar-refractivity contribution in [1.82, 2.24) is 0 Å². The van der Waals surface area contributed by atoms with Crippen molar-refractivity contribution in [3.63, 3.8) is 0 Å². The van der Waals surface area contributed by atoms with Gasteiger partial charge in [-0.2, -0.15) is 18.4 Å². The number of rotatable bonds is 5. The fourth-order valence-electron chi connectivity index (χ4n) is 2.37. The van der Waals surface area contributed by atoms with Crippen molar-refractivity contribution in [2.45, 2.75) is 32.0 Å². The number of alkyl halides is 3. The summed E-state index contributed by atoms with van der Waals surface area (Å²) in [6.45, 7) is 1.92. The van der Waals surface area contributed by atoms with Crippen molar-refractivity contribution >= 4 is 5.69 Å². The molecule has 2 aromatic carbocycles. The van der Waals surface area contributed by atoms with Gasteiger partial charge in [-0.15, -0.1) is 0 Å². The number of nitriles is 1. The minimum absolute atomic E-state index is 0.0136. The topological polar surface area (TPSA) is 35.8 Å². The van der Waals surface area contributed by atoms with Crippen LogP contribution in [0.25, 0.3) is 0 Å². The Morgan fingerprint density at radius 1 is 1.09 bits per heavy atom. The minimum atomic E-state index is -4.32. The minimum Gasteiger partial charge on any atom is -0.382 e. The molecule has 0 aromatic heterocycles. The van der Waals surface area contributed by atoms with Crippen molar-refractivity contribution in [3.8, 4) is 6.07 Å². The second-order valence-corrected chi connectivity index (χ2v) is 5.48. The highest BCUT2D eigenvalue weighted by Gasteiger charge is 2.30. The van der Waals surface area contributed by atoms with Crippen LogP contribution in [-0.2, 0) is 19.0 Å². The van der Waals surface area contributed by atoms with Gasteiger partial charge < -0.3 is 5.32 Å². The first-order chi connectivity index (χ1) is 10.9. The average molecular weight is 318 g/mol. The Labute approximate surface area is 133 Å². The van der Waals surface area contributed by atoms with Crippen LogP contribution in [0.15, 0.2) is 48.5 Å². The Hall–Kier alpha value is -2.48. The third-order valence-corrected chi connectivity index (χ3v) is 3.45. The maximum Gasteiger partial charge on any atom is 0.416 e. The van der Waals surface area contributed by atoms with E-state index in [9.17, 15) is 13.2 Å². The van der Waals surface area contributed by atoms with Gasteiger partial charge in [-0.25, -0.2) is 0 Å². The summed E-state index contributed by atoms with van der Waals surface area (Å²) in [4.78, 5) is 0. The molecule has 2 rings (SSSR count). The molecular weight excluding hydrogens is 301 g/mol. The Balaban J connectivity index is 1.99. The highest BCUT2D eigenvalue weighted by atomic mass is 19.4. The molecule has 120 valence electrons. The number of nitrogens with one attached hydrogen (secondary N) is 1. The molecule has 0 saturated heterocycles. The number of benzene rings is 2. The lowest BCUT2D eigenvalue weighted by molar-refractivity contribution is -0.137. The van der Waals surface area contributed by atoms with E-state index in [1.165, 1.54) is 12.1 Å².